The number of benzene rings is 1. The molecule has 0 bridgehead atoms. The summed E-state index contributed by atoms with van der Waals surface area (Å²) >= 11 is 5.79. The molecule has 1 saturated carbocycles. The molecule has 0 amide bonds. The van der Waals surface area contributed by atoms with Crippen LogP contribution in [0.15, 0.2) is 18.2 Å². The summed E-state index contributed by atoms with van der Waals surface area (Å²) in [5.41, 5.74) is 0.344. The average molecular weight is 301 g/mol. The zero-order chi connectivity index (χ0) is 14.8. The summed E-state index contributed by atoms with van der Waals surface area (Å²) in [5, 5.41) is 10.7. The topological polar surface area (TPSA) is 29.5 Å². The van der Waals surface area contributed by atoms with E-state index in [2.05, 4.69) is 6.92 Å². The summed E-state index contributed by atoms with van der Waals surface area (Å²) in [6.07, 6.45) is 3.80. The molecular weight excluding hydrogens is 279 g/mol. The van der Waals surface area contributed by atoms with Crippen LogP contribution in [0.2, 0.25) is 5.02 Å². The standard InChI is InChI=1S/C16H22ClFO2/c1-11-4-3-7-16(10-11,20-2)15(19)9-12-5-6-14(18)13(17)8-12/h5-6,8,11,15,19H,3-4,7,9-10H2,1-2H3. The Morgan fingerprint density at radius 3 is 2.90 bits per heavy atom. The third-order valence-corrected chi connectivity index (χ3v) is 4.71. The Kier molecular flexibility index (Phi) is 5.05. The lowest BCUT2D eigenvalue weighted by Gasteiger charge is -2.42. The molecule has 0 spiro atoms. The summed E-state index contributed by atoms with van der Waals surface area (Å²) < 4.78 is 18.8. The van der Waals surface area contributed by atoms with E-state index in [4.69, 9.17) is 16.3 Å². The summed E-state index contributed by atoms with van der Waals surface area (Å²) in [7, 11) is 1.67. The SMILES string of the molecule is COC1(C(O)Cc2ccc(F)c(Cl)c2)CCCC(C)C1. The monoisotopic (exact) mass is 300 g/mol. The Morgan fingerprint density at radius 2 is 2.30 bits per heavy atom. The number of hydrogen-bond acceptors (Lipinski definition) is 2. The molecule has 1 aromatic rings. The van der Waals surface area contributed by atoms with Crippen LogP contribution in [-0.4, -0.2) is 23.9 Å². The van der Waals surface area contributed by atoms with Crippen LogP contribution in [0.3, 0.4) is 0 Å². The highest BCUT2D eigenvalue weighted by Crippen LogP contribution is 2.38. The zero-order valence-electron chi connectivity index (χ0n) is 12.0. The molecule has 3 unspecified atom stereocenters. The fraction of sp³-hybridized carbons (Fsp3) is 0.625. The van der Waals surface area contributed by atoms with Gasteiger partial charge in [-0.05, 0) is 36.5 Å². The molecule has 112 valence electrons. The molecule has 20 heavy (non-hydrogen) atoms. The maximum Gasteiger partial charge on any atom is 0.141 e. The Balaban J connectivity index is 2.12. The minimum absolute atomic E-state index is 0.0955. The summed E-state index contributed by atoms with van der Waals surface area (Å²) in [6.45, 7) is 2.19. The quantitative estimate of drug-likeness (QED) is 0.911. The smallest absolute Gasteiger partial charge is 0.141 e. The fourth-order valence-corrected chi connectivity index (χ4v) is 3.45. The highest BCUT2D eigenvalue weighted by molar-refractivity contribution is 6.30. The average Bonchev–Trinajstić information content (AvgIpc) is 2.42. The highest BCUT2D eigenvalue weighted by atomic mass is 35.5. The van der Waals surface area contributed by atoms with Gasteiger partial charge in [0.1, 0.15) is 5.82 Å². The van der Waals surface area contributed by atoms with E-state index in [0.717, 1.165) is 24.8 Å². The first-order valence-electron chi connectivity index (χ1n) is 7.14. The van der Waals surface area contributed by atoms with Crippen molar-refractivity contribution < 1.29 is 14.2 Å². The maximum atomic E-state index is 13.2. The lowest BCUT2D eigenvalue weighted by molar-refractivity contribution is -0.131. The highest BCUT2D eigenvalue weighted by Gasteiger charge is 2.41. The Labute approximate surface area is 124 Å². The van der Waals surface area contributed by atoms with E-state index >= 15 is 0 Å². The van der Waals surface area contributed by atoms with Crippen molar-refractivity contribution in [1.82, 2.24) is 0 Å². The molecule has 0 radical (unpaired) electrons. The van der Waals surface area contributed by atoms with E-state index in [9.17, 15) is 9.50 Å². The van der Waals surface area contributed by atoms with E-state index in [0.29, 0.717) is 12.3 Å². The first-order valence-corrected chi connectivity index (χ1v) is 7.52. The third kappa shape index (κ3) is 3.33. The van der Waals surface area contributed by atoms with E-state index in [1.807, 2.05) is 0 Å². The minimum atomic E-state index is -0.600. The van der Waals surface area contributed by atoms with Crippen LogP contribution < -0.4 is 0 Å². The van der Waals surface area contributed by atoms with Crippen LogP contribution in [0.5, 0.6) is 0 Å². The van der Waals surface area contributed by atoms with Crippen LogP contribution in [0, 0.1) is 11.7 Å². The fourth-order valence-electron chi connectivity index (χ4n) is 3.24. The summed E-state index contributed by atoms with van der Waals surface area (Å²) in [4.78, 5) is 0. The molecule has 2 nitrogen and oxygen atoms in total. The van der Waals surface area contributed by atoms with Crippen molar-refractivity contribution in [2.24, 2.45) is 5.92 Å². The molecule has 1 aliphatic rings. The third-order valence-electron chi connectivity index (χ3n) is 4.42. The van der Waals surface area contributed by atoms with Crippen LogP contribution in [0.1, 0.15) is 38.2 Å². The second kappa shape index (κ2) is 6.42. The van der Waals surface area contributed by atoms with E-state index in [-0.39, 0.29) is 5.02 Å². The lowest BCUT2D eigenvalue weighted by atomic mass is 9.74. The molecule has 0 aliphatic heterocycles. The van der Waals surface area contributed by atoms with Crippen LogP contribution >= 0.6 is 11.6 Å². The van der Waals surface area contributed by atoms with Gasteiger partial charge in [-0.2, -0.15) is 0 Å². The van der Waals surface area contributed by atoms with Crippen molar-refractivity contribution in [2.45, 2.75) is 50.7 Å². The number of methoxy groups -OCH3 is 1. The molecule has 0 aromatic heterocycles. The number of halogens is 2. The summed E-state index contributed by atoms with van der Waals surface area (Å²) in [6, 6.07) is 4.59. The molecule has 0 saturated heterocycles. The van der Waals surface area contributed by atoms with Gasteiger partial charge in [0.05, 0.1) is 16.7 Å². The minimum Gasteiger partial charge on any atom is -0.390 e. The van der Waals surface area contributed by atoms with Gasteiger partial charge in [0.25, 0.3) is 0 Å². The van der Waals surface area contributed by atoms with Gasteiger partial charge in [-0.15, -0.1) is 0 Å². The van der Waals surface area contributed by atoms with Gasteiger partial charge in [0, 0.05) is 13.5 Å². The lowest BCUT2D eigenvalue weighted by Crippen LogP contribution is -2.48. The van der Waals surface area contributed by atoms with Crippen molar-refractivity contribution in [3.05, 3.63) is 34.6 Å². The second-order valence-electron chi connectivity index (χ2n) is 5.94. The van der Waals surface area contributed by atoms with Crippen LogP contribution in [0.4, 0.5) is 4.39 Å². The Bertz CT molecular complexity index is 466. The van der Waals surface area contributed by atoms with Gasteiger partial charge in [-0.25, -0.2) is 4.39 Å². The van der Waals surface area contributed by atoms with E-state index in [1.165, 1.54) is 12.5 Å². The number of hydrogen-bond donors (Lipinski definition) is 1. The van der Waals surface area contributed by atoms with Crippen molar-refractivity contribution in [3.8, 4) is 0 Å². The second-order valence-corrected chi connectivity index (χ2v) is 6.35. The molecule has 0 heterocycles. The molecule has 1 aliphatic carbocycles. The summed E-state index contributed by atoms with van der Waals surface area (Å²) in [5.74, 6) is 0.118. The molecule has 2 rings (SSSR count). The number of rotatable bonds is 4. The number of ether oxygens (including phenoxy) is 1. The predicted octanol–water partition coefficient (Wildman–Crippen LogP) is 3.98. The van der Waals surface area contributed by atoms with Gasteiger partial charge in [-0.1, -0.05) is 37.4 Å². The normalized spacial score (nSPS) is 28.4. The van der Waals surface area contributed by atoms with Crippen molar-refractivity contribution >= 4 is 11.6 Å². The van der Waals surface area contributed by atoms with Crippen molar-refractivity contribution in [2.75, 3.05) is 7.11 Å². The van der Waals surface area contributed by atoms with Gasteiger partial charge < -0.3 is 9.84 Å². The van der Waals surface area contributed by atoms with E-state index < -0.39 is 17.5 Å². The number of aliphatic hydroxyl groups is 1. The molecule has 1 N–H and O–H groups in total. The van der Waals surface area contributed by atoms with E-state index in [1.54, 1.807) is 19.2 Å². The zero-order valence-corrected chi connectivity index (χ0v) is 12.8. The molecule has 1 aromatic carbocycles. The molecule has 3 atom stereocenters. The van der Waals surface area contributed by atoms with Gasteiger partial charge >= 0.3 is 0 Å². The van der Waals surface area contributed by atoms with Gasteiger partial charge in [-0.3, -0.25) is 0 Å². The maximum absolute atomic E-state index is 13.2. The first-order chi connectivity index (χ1) is 9.47. The van der Waals surface area contributed by atoms with Crippen LogP contribution in [0.25, 0.3) is 0 Å². The van der Waals surface area contributed by atoms with Crippen molar-refractivity contribution in [3.63, 3.8) is 0 Å². The molecular formula is C16H22ClFO2. The van der Waals surface area contributed by atoms with Gasteiger partial charge in [0.15, 0.2) is 0 Å². The number of aliphatic hydroxyl groups excluding tert-OH is 1. The largest absolute Gasteiger partial charge is 0.390 e. The molecule has 1 fully saturated rings. The Hall–Kier alpha value is -0.640. The molecule has 4 heteroatoms. The predicted molar refractivity (Wildman–Crippen MR) is 78.5 cm³/mol. The Morgan fingerprint density at radius 1 is 1.55 bits per heavy atom. The van der Waals surface area contributed by atoms with Crippen molar-refractivity contribution in [1.29, 1.82) is 0 Å². The van der Waals surface area contributed by atoms with Crippen LogP contribution in [-0.2, 0) is 11.2 Å². The van der Waals surface area contributed by atoms with Gasteiger partial charge in [0.2, 0.25) is 0 Å². The first kappa shape index (κ1) is 15.7.